The Morgan fingerprint density at radius 1 is 0.865 bits per heavy atom. The van der Waals surface area contributed by atoms with E-state index in [0.29, 0.717) is 31.0 Å². The lowest BCUT2D eigenvalue weighted by atomic mass is 10.0. The van der Waals surface area contributed by atoms with Gasteiger partial charge in [-0.25, -0.2) is 0 Å². The average molecular weight is 521 g/mol. The summed E-state index contributed by atoms with van der Waals surface area (Å²) in [7, 11) is 3.26. The van der Waals surface area contributed by atoms with Crippen molar-refractivity contribution in [3.05, 3.63) is 95.6 Å². The fourth-order valence-corrected chi connectivity index (χ4v) is 4.82. The van der Waals surface area contributed by atoms with Crippen molar-refractivity contribution in [3.8, 4) is 11.5 Å². The van der Waals surface area contributed by atoms with Gasteiger partial charge in [0.25, 0.3) is 0 Å². The minimum atomic E-state index is -0.630. The summed E-state index contributed by atoms with van der Waals surface area (Å²) in [6.07, 6.45) is 1.26. The summed E-state index contributed by atoms with van der Waals surface area (Å²) < 4.78 is 10.6. The van der Waals surface area contributed by atoms with Crippen LogP contribution in [-0.4, -0.2) is 49.3 Å². The predicted octanol–water partition coefficient (Wildman–Crippen LogP) is 5.10. The molecule has 1 unspecified atom stereocenters. The van der Waals surface area contributed by atoms with E-state index in [4.69, 9.17) is 9.47 Å². The van der Waals surface area contributed by atoms with Crippen LogP contribution in [-0.2, 0) is 28.3 Å². The number of thioether (sulfide) groups is 1. The number of nitrogens with one attached hydrogen (secondary N) is 1. The van der Waals surface area contributed by atoms with E-state index in [-0.39, 0.29) is 17.6 Å². The lowest BCUT2D eigenvalue weighted by Gasteiger charge is -2.31. The third-order valence-electron chi connectivity index (χ3n) is 5.96. The van der Waals surface area contributed by atoms with Gasteiger partial charge in [0.05, 0.1) is 20.0 Å². The second-order valence-corrected chi connectivity index (χ2v) is 9.70. The number of benzene rings is 3. The Morgan fingerprint density at radius 3 is 2.24 bits per heavy atom. The molecule has 0 radical (unpaired) electrons. The van der Waals surface area contributed by atoms with Crippen LogP contribution in [0.25, 0.3) is 0 Å². The number of nitrogens with zero attached hydrogens (tertiary/aromatic N) is 1. The third kappa shape index (κ3) is 8.86. The number of hydrogen-bond acceptors (Lipinski definition) is 5. The van der Waals surface area contributed by atoms with Gasteiger partial charge in [-0.3, -0.25) is 9.59 Å². The first-order chi connectivity index (χ1) is 18.0. The summed E-state index contributed by atoms with van der Waals surface area (Å²) >= 11 is 1.54. The number of rotatable bonds is 14. The topological polar surface area (TPSA) is 67.9 Å². The second kappa shape index (κ2) is 15.0. The van der Waals surface area contributed by atoms with Crippen molar-refractivity contribution in [1.82, 2.24) is 10.2 Å². The quantitative estimate of drug-likeness (QED) is 0.320. The maximum Gasteiger partial charge on any atom is 0.243 e. The van der Waals surface area contributed by atoms with Gasteiger partial charge in [-0.2, -0.15) is 0 Å². The van der Waals surface area contributed by atoms with Gasteiger partial charge in [0.2, 0.25) is 11.8 Å². The van der Waals surface area contributed by atoms with E-state index in [1.165, 1.54) is 11.8 Å². The number of carbonyl (C=O) groups excluding carboxylic acids is 2. The molecule has 0 saturated carbocycles. The molecular weight excluding hydrogens is 484 g/mol. The van der Waals surface area contributed by atoms with E-state index in [0.717, 1.165) is 28.9 Å². The fourth-order valence-electron chi connectivity index (χ4n) is 3.95. The van der Waals surface area contributed by atoms with Gasteiger partial charge in [0, 0.05) is 25.3 Å². The largest absolute Gasteiger partial charge is 0.497 e. The molecule has 7 heteroatoms. The molecule has 1 N–H and O–H groups in total. The molecular formula is C30H36N2O4S. The molecule has 0 aliphatic heterocycles. The van der Waals surface area contributed by atoms with Gasteiger partial charge in [-0.05, 0) is 47.4 Å². The van der Waals surface area contributed by atoms with Crippen molar-refractivity contribution in [2.75, 3.05) is 26.5 Å². The van der Waals surface area contributed by atoms with Gasteiger partial charge in [0.1, 0.15) is 17.5 Å². The lowest BCUT2D eigenvalue weighted by molar-refractivity contribution is -0.139. The number of carbonyl (C=O) groups is 2. The van der Waals surface area contributed by atoms with E-state index < -0.39 is 6.04 Å². The van der Waals surface area contributed by atoms with Crippen molar-refractivity contribution >= 4 is 23.6 Å². The molecule has 2 amide bonds. The smallest absolute Gasteiger partial charge is 0.243 e. The van der Waals surface area contributed by atoms with Gasteiger partial charge < -0.3 is 19.7 Å². The molecule has 0 bridgehead atoms. The molecule has 0 fully saturated rings. The van der Waals surface area contributed by atoms with Gasteiger partial charge in [-0.15, -0.1) is 11.8 Å². The highest BCUT2D eigenvalue weighted by Crippen LogP contribution is 2.21. The normalized spacial score (nSPS) is 11.4. The Labute approximate surface area is 224 Å². The molecule has 1 atom stereocenters. The molecule has 0 aliphatic carbocycles. The standard InChI is InChI=1S/C30H36N2O4S/c1-4-17-31-30(34)28(19-23-9-6-5-7-10-23)32(20-25-11-8-12-27(18-25)36-3)29(33)22-37-21-24-13-15-26(35-2)16-14-24/h5-16,18,28H,4,17,19-22H2,1-3H3,(H,31,34). The maximum atomic E-state index is 13.7. The van der Waals surface area contributed by atoms with Crippen molar-refractivity contribution in [2.45, 2.75) is 38.1 Å². The summed E-state index contributed by atoms with van der Waals surface area (Å²) in [5.74, 6) is 2.26. The molecule has 3 rings (SSSR count). The molecule has 3 aromatic rings. The second-order valence-electron chi connectivity index (χ2n) is 8.71. The highest BCUT2D eigenvalue weighted by atomic mass is 32.2. The summed E-state index contributed by atoms with van der Waals surface area (Å²) in [6.45, 7) is 2.90. The van der Waals surface area contributed by atoms with Gasteiger partial charge >= 0.3 is 0 Å². The summed E-state index contributed by atoms with van der Waals surface area (Å²) in [4.78, 5) is 28.8. The van der Waals surface area contributed by atoms with Crippen LogP contribution in [0, 0.1) is 0 Å². The summed E-state index contributed by atoms with van der Waals surface area (Å²) in [5.41, 5.74) is 3.03. The van der Waals surface area contributed by atoms with Crippen molar-refractivity contribution < 1.29 is 19.1 Å². The lowest BCUT2D eigenvalue weighted by Crippen LogP contribution is -2.51. The molecule has 0 heterocycles. The Bertz CT molecular complexity index is 1120. The Morgan fingerprint density at radius 2 is 1.57 bits per heavy atom. The third-order valence-corrected chi connectivity index (χ3v) is 6.95. The number of ether oxygens (including phenoxy) is 2. The first kappa shape index (κ1) is 28.1. The summed E-state index contributed by atoms with van der Waals surface area (Å²) in [5, 5.41) is 3.01. The van der Waals surface area contributed by atoms with Crippen LogP contribution in [0.15, 0.2) is 78.9 Å². The Kier molecular flexibility index (Phi) is 11.4. The minimum Gasteiger partial charge on any atom is -0.497 e. The SMILES string of the molecule is CCCNC(=O)C(Cc1ccccc1)N(Cc1cccc(OC)c1)C(=O)CSCc1ccc(OC)cc1. The molecule has 0 aliphatic rings. The molecule has 0 aromatic heterocycles. The van der Waals surface area contributed by atoms with Gasteiger partial charge in [-0.1, -0.05) is 61.5 Å². The van der Waals surface area contributed by atoms with Crippen LogP contribution in [0.5, 0.6) is 11.5 Å². The monoisotopic (exact) mass is 520 g/mol. The van der Waals surface area contributed by atoms with Crippen molar-refractivity contribution in [2.24, 2.45) is 0 Å². The number of amides is 2. The zero-order valence-corrected chi connectivity index (χ0v) is 22.6. The number of methoxy groups -OCH3 is 2. The molecule has 196 valence electrons. The molecule has 37 heavy (non-hydrogen) atoms. The van der Waals surface area contributed by atoms with Crippen LogP contribution in [0.1, 0.15) is 30.0 Å². The average Bonchev–Trinajstić information content (AvgIpc) is 2.94. The maximum absolute atomic E-state index is 13.7. The van der Waals surface area contributed by atoms with E-state index in [2.05, 4.69) is 5.32 Å². The molecule has 6 nitrogen and oxygen atoms in total. The van der Waals surface area contributed by atoms with Gasteiger partial charge in [0.15, 0.2) is 0 Å². The van der Waals surface area contributed by atoms with Crippen molar-refractivity contribution in [1.29, 1.82) is 0 Å². The zero-order valence-electron chi connectivity index (χ0n) is 21.8. The predicted molar refractivity (Wildman–Crippen MR) is 150 cm³/mol. The number of hydrogen-bond donors (Lipinski definition) is 1. The van der Waals surface area contributed by atoms with Crippen LogP contribution < -0.4 is 14.8 Å². The highest BCUT2D eigenvalue weighted by molar-refractivity contribution is 7.99. The first-order valence-electron chi connectivity index (χ1n) is 12.5. The molecule has 3 aromatic carbocycles. The van der Waals surface area contributed by atoms with E-state index in [1.807, 2.05) is 85.8 Å². The minimum absolute atomic E-state index is 0.0751. The first-order valence-corrected chi connectivity index (χ1v) is 13.6. The van der Waals surface area contributed by atoms with Crippen LogP contribution in [0.2, 0.25) is 0 Å². The van der Waals surface area contributed by atoms with E-state index in [9.17, 15) is 9.59 Å². The van der Waals surface area contributed by atoms with E-state index >= 15 is 0 Å². The van der Waals surface area contributed by atoms with E-state index in [1.54, 1.807) is 19.1 Å². The Hall–Kier alpha value is -3.45. The molecule has 0 saturated heterocycles. The fraction of sp³-hybridized carbons (Fsp3) is 0.333. The molecule has 0 spiro atoms. The van der Waals surface area contributed by atoms with Crippen LogP contribution >= 0.6 is 11.8 Å². The summed E-state index contributed by atoms with van der Waals surface area (Å²) in [6, 6.07) is 24.7. The van der Waals surface area contributed by atoms with Crippen LogP contribution in [0.3, 0.4) is 0 Å². The van der Waals surface area contributed by atoms with Crippen LogP contribution in [0.4, 0.5) is 0 Å². The Balaban J connectivity index is 1.82. The van der Waals surface area contributed by atoms with Crippen molar-refractivity contribution in [3.63, 3.8) is 0 Å². The highest BCUT2D eigenvalue weighted by Gasteiger charge is 2.30. The zero-order chi connectivity index (χ0) is 26.5.